The average molecular weight is 354 g/mol. The zero-order valence-corrected chi connectivity index (χ0v) is 14.8. The highest BCUT2D eigenvalue weighted by atomic mass is 19.1. The van der Waals surface area contributed by atoms with Gasteiger partial charge in [0, 0.05) is 19.5 Å². The summed E-state index contributed by atoms with van der Waals surface area (Å²) in [5, 5.41) is 7.14. The van der Waals surface area contributed by atoms with Gasteiger partial charge in [-0.25, -0.2) is 4.39 Å². The van der Waals surface area contributed by atoms with Crippen LogP contribution in [0.4, 0.5) is 15.8 Å². The van der Waals surface area contributed by atoms with Crippen LogP contribution in [0.1, 0.15) is 18.4 Å². The zero-order chi connectivity index (χ0) is 18.7. The molecule has 0 spiro atoms. The predicted molar refractivity (Wildman–Crippen MR) is 97.3 cm³/mol. The SMILES string of the molecule is CC(=O)N(C)c1ccccc1NCc1nc(-c2ccc(F)c(C)c2)no1. The van der Waals surface area contributed by atoms with E-state index in [9.17, 15) is 9.18 Å². The van der Waals surface area contributed by atoms with Crippen LogP contribution in [0.3, 0.4) is 0 Å². The first-order valence-corrected chi connectivity index (χ1v) is 8.12. The summed E-state index contributed by atoms with van der Waals surface area (Å²) in [5.74, 6) is 0.456. The fraction of sp³-hybridized carbons (Fsp3) is 0.211. The summed E-state index contributed by atoms with van der Waals surface area (Å²) in [6, 6.07) is 12.1. The molecule has 134 valence electrons. The standard InChI is InChI=1S/C19H19FN4O2/c1-12-10-14(8-9-15(12)20)19-22-18(26-23-19)11-21-16-6-4-5-7-17(16)24(3)13(2)25/h4-10,21H,11H2,1-3H3. The number of anilines is 2. The van der Waals surface area contributed by atoms with E-state index in [2.05, 4.69) is 15.5 Å². The molecular weight excluding hydrogens is 335 g/mol. The van der Waals surface area contributed by atoms with Gasteiger partial charge in [0.15, 0.2) is 0 Å². The molecule has 0 aliphatic carbocycles. The molecule has 1 aromatic heterocycles. The molecule has 2 aromatic carbocycles. The number of benzene rings is 2. The van der Waals surface area contributed by atoms with Crippen molar-refractivity contribution in [2.45, 2.75) is 20.4 Å². The third-order valence-corrected chi connectivity index (χ3v) is 4.05. The van der Waals surface area contributed by atoms with E-state index in [4.69, 9.17) is 4.52 Å². The number of para-hydroxylation sites is 2. The molecule has 0 fully saturated rings. The normalized spacial score (nSPS) is 10.6. The van der Waals surface area contributed by atoms with Crippen molar-refractivity contribution in [1.29, 1.82) is 0 Å². The molecule has 3 rings (SSSR count). The van der Waals surface area contributed by atoms with Crippen LogP contribution in [0.15, 0.2) is 47.0 Å². The second-order valence-corrected chi connectivity index (χ2v) is 5.92. The van der Waals surface area contributed by atoms with Gasteiger partial charge in [0.2, 0.25) is 17.6 Å². The van der Waals surface area contributed by atoms with Gasteiger partial charge in [0.25, 0.3) is 0 Å². The van der Waals surface area contributed by atoms with Crippen LogP contribution in [-0.2, 0) is 11.3 Å². The molecule has 0 radical (unpaired) electrons. The Morgan fingerprint density at radius 1 is 1.27 bits per heavy atom. The second-order valence-electron chi connectivity index (χ2n) is 5.92. The molecule has 1 heterocycles. The highest BCUT2D eigenvalue weighted by Crippen LogP contribution is 2.25. The van der Waals surface area contributed by atoms with Gasteiger partial charge in [-0.1, -0.05) is 17.3 Å². The lowest BCUT2D eigenvalue weighted by molar-refractivity contribution is -0.116. The van der Waals surface area contributed by atoms with Crippen LogP contribution in [-0.4, -0.2) is 23.1 Å². The van der Waals surface area contributed by atoms with E-state index in [1.54, 1.807) is 31.0 Å². The minimum absolute atomic E-state index is 0.0639. The van der Waals surface area contributed by atoms with E-state index < -0.39 is 0 Å². The van der Waals surface area contributed by atoms with E-state index in [1.165, 1.54) is 13.0 Å². The number of nitrogens with zero attached hydrogens (tertiary/aromatic N) is 3. The maximum atomic E-state index is 13.4. The van der Waals surface area contributed by atoms with Gasteiger partial charge < -0.3 is 14.7 Å². The van der Waals surface area contributed by atoms with Gasteiger partial charge in [0.05, 0.1) is 17.9 Å². The third-order valence-electron chi connectivity index (χ3n) is 4.05. The summed E-state index contributed by atoms with van der Waals surface area (Å²) in [6.07, 6.45) is 0. The predicted octanol–water partition coefficient (Wildman–Crippen LogP) is 3.78. The fourth-order valence-corrected chi connectivity index (χ4v) is 2.48. The lowest BCUT2D eigenvalue weighted by Gasteiger charge is -2.19. The Morgan fingerprint density at radius 3 is 2.77 bits per heavy atom. The first kappa shape index (κ1) is 17.6. The highest BCUT2D eigenvalue weighted by Gasteiger charge is 2.13. The minimum Gasteiger partial charge on any atom is -0.374 e. The molecule has 0 unspecified atom stereocenters. The Labute approximate surface area is 150 Å². The molecule has 0 atom stereocenters. The molecule has 1 N–H and O–H groups in total. The number of hydrogen-bond acceptors (Lipinski definition) is 5. The summed E-state index contributed by atoms with van der Waals surface area (Å²) >= 11 is 0. The van der Waals surface area contributed by atoms with Crippen LogP contribution < -0.4 is 10.2 Å². The van der Waals surface area contributed by atoms with Crippen LogP contribution in [0.5, 0.6) is 0 Å². The van der Waals surface area contributed by atoms with Crippen LogP contribution in [0.2, 0.25) is 0 Å². The summed E-state index contributed by atoms with van der Waals surface area (Å²) < 4.78 is 18.6. The van der Waals surface area contributed by atoms with E-state index >= 15 is 0 Å². The molecule has 3 aromatic rings. The van der Waals surface area contributed by atoms with Crippen LogP contribution >= 0.6 is 0 Å². The van der Waals surface area contributed by atoms with Crippen molar-refractivity contribution in [1.82, 2.24) is 10.1 Å². The quantitative estimate of drug-likeness (QED) is 0.755. The Balaban J connectivity index is 1.75. The number of carbonyl (C=O) groups excluding carboxylic acids is 1. The second kappa shape index (κ2) is 7.35. The first-order valence-electron chi connectivity index (χ1n) is 8.12. The number of nitrogens with one attached hydrogen (secondary N) is 1. The topological polar surface area (TPSA) is 71.3 Å². The van der Waals surface area contributed by atoms with Gasteiger partial charge in [-0.05, 0) is 42.8 Å². The monoisotopic (exact) mass is 354 g/mol. The van der Waals surface area contributed by atoms with Crippen molar-refractivity contribution in [3.63, 3.8) is 0 Å². The van der Waals surface area contributed by atoms with Gasteiger partial charge in [-0.3, -0.25) is 4.79 Å². The van der Waals surface area contributed by atoms with Gasteiger partial charge in [-0.15, -0.1) is 0 Å². The van der Waals surface area contributed by atoms with Crippen LogP contribution in [0.25, 0.3) is 11.4 Å². The number of aryl methyl sites for hydroxylation is 1. The number of aromatic nitrogens is 2. The third kappa shape index (κ3) is 3.72. The first-order chi connectivity index (χ1) is 12.5. The lowest BCUT2D eigenvalue weighted by Crippen LogP contribution is -2.23. The summed E-state index contributed by atoms with van der Waals surface area (Å²) in [7, 11) is 1.71. The maximum absolute atomic E-state index is 13.4. The Bertz CT molecular complexity index is 939. The molecule has 26 heavy (non-hydrogen) atoms. The van der Waals surface area contributed by atoms with Gasteiger partial charge in [0.1, 0.15) is 5.82 Å². The lowest BCUT2D eigenvalue weighted by atomic mass is 10.1. The molecule has 0 aliphatic heterocycles. The number of hydrogen-bond donors (Lipinski definition) is 1. The summed E-state index contributed by atoms with van der Waals surface area (Å²) in [4.78, 5) is 17.5. The fourth-order valence-electron chi connectivity index (χ4n) is 2.48. The van der Waals surface area contributed by atoms with E-state index in [1.807, 2.05) is 24.3 Å². The molecular formula is C19H19FN4O2. The molecule has 0 saturated heterocycles. The molecule has 7 heteroatoms. The van der Waals surface area contributed by atoms with Crippen molar-refractivity contribution in [3.8, 4) is 11.4 Å². The average Bonchev–Trinajstić information content (AvgIpc) is 3.11. The summed E-state index contributed by atoms with van der Waals surface area (Å²) in [6.45, 7) is 3.49. The largest absolute Gasteiger partial charge is 0.374 e. The Morgan fingerprint density at radius 2 is 2.04 bits per heavy atom. The summed E-state index contributed by atoms with van der Waals surface area (Å²) in [5.41, 5.74) is 2.75. The number of carbonyl (C=O) groups is 1. The minimum atomic E-state index is -0.273. The van der Waals surface area contributed by atoms with Crippen molar-refractivity contribution in [2.24, 2.45) is 0 Å². The van der Waals surface area contributed by atoms with E-state index in [0.29, 0.717) is 29.4 Å². The molecule has 6 nitrogen and oxygen atoms in total. The van der Waals surface area contributed by atoms with Gasteiger partial charge >= 0.3 is 0 Å². The van der Waals surface area contributed by atoms with Crippen molar-refractivity contribution >= 4 is 17.3 Å². The molecule has 0 bridgehead atoms. The van der Waals surface area contributed by atoms with Crippen molar-refractivity contribution in [3.05, 3.63) is 59.7 Å². The Hall–Kier alpha value is -3.22. The Kier molecular flexibility index (Phi) is 4.97. The number of halogens is 1. The number of rotatable bonds is 5. The molecule has 0 aliphatic rings. The van der Waals surface area contributed by atoms with Crippen molar-refractivity contribution < 1.29 is 13.7 Å². The van der Waals surface area contributed by atoms with E-state index in [0.717, 1.165) is 11.4 Å². The maximum Gasteiger partial charge on any atom is 0.246 e. The molecule has 0 saturated carbocycles. The van der Waals surface area contributed by atoms with Gasteiger partial charge in [-0.2, -0.15) is 4.98 Å². The number of amides is 1. The zero-order valence-electron chi connectivity index (χ0n) is 14.8. The smallest absolute Gasteiger partial charge is 0.246 e. The highest BCUT2D eigenvalue weighted by molar-refractivity contribution is 5.94. The molecule has 1 amide bonds. The van der Waals surface area contributed by atoms with E-state index in [-0.39, 0.29) is 11.7 Å². The van der Waals surface area contributed by atoms with Crippen LogP contribution in [0, 0.1) is 12.7 Å². The van der Waals surface area contributed by atoms with Crippen molar-refractivity contribution in [2.75, 3.05) is 17.3 Å².